The van der Waals surface area contributed by atoms with Crippen molar-refractivity contribution in [2.45, 2.75) is 20.4 Å². The summed E-state index contributed by atoms with van der Waals surface area (Å²) in [6.45, 7) is 7.53. The van der Waals surface area contributed by atoms with E-state index < -0.39 is 0 Å². The average Bonchev–Trinajstić information content (AvgIpc) is 2.85. The second-order valence-corrected chi connectivity index (χ2v) is 4.04. The van der Waals surface area contributed by atoms with Gasteiger partial charge in [0.25, 0.3) is 0 Å². The van der Waals surface area contributed by atoms with Gasteiger partial charge in [0.15, 0.2) is 0 Å². The third kappa shape index (κ3) is 2.74. The summed E-state index contributed by atoms with van der Waals surface area (Å²) in [7, 11) is 0. The van der Waals surface area contributed by atoms with Crippen molar-refractivity contribution >= 4 is 0 Å². The van der Waals surface area contributed by atoms with Crippen LogP contribution in [0.15, 0.2) is 42.9 Å². The fraction of sp³-hybridized carbons (Fsp3) is 0.357. The molecule has 90 valence electrons. The average molecular weight is 229 g/mol. The third-order valence-electron chi connectivity index (χ3n) is 3.04. The monoisotopic (exact) mass is 229 g/mol. The van der Waals surface area contributed by atoms with Gasteiger partial charge in [-0.25, -0.2) is 0 Å². The first kappa shape index (κ1) is 11.9. The lowest BCUT2D eigenvalue weighted by molar-refractivity contribution is 0.290. The second kappa shape index (κ2) is 5.64. The molecule has 3 heteroatoms. The van der Waals surface area contributed by atoms with Crippen molar-refractivity contribution < 1.29 is 0 Å². The molecule has 0 aromatic carbocycles. The van der Waals surface area contributed by atoms with Crippen molar-refractivity contribution in [2.24, 2.45) is 0 Å². The van der Waals surface area contributed by atoms with Crippen molar-refractivity contribution in [3.63, 3.8) is 0 Å². The standard InChI is InChI=1S/C14H19N3/c1-3-16(4-2)12-14-8-6-10-17(14)13-7-5-9-15-11-13/h5-11H,3-4,12H2,1-2H3. The molecule has 17 heavy (non-hydrogen) atoms. The lowest BCUT2D eigenvalue weighted by Gasteiger charge is -2.19. The molecule has 0 aliphatic rings. The normalized spacial score (nSPS) is 11.0. The minimum Gasteiger partial charge on any atom is -0.318 e. The van der Waals surface area contributed by atoms with Crippen molar-refractivity contribution in [3.05, 3.63) is 48.5 Å². The summed E-state index contributed by atoms with van der Waals surface area (Å²) < 4.78 is 2.20. The molecule has 0 atom stereocenters. The highest BCUT2D eigenvalue weighted by Gasteiger charge is 2.06. The Bertz CT molecular complexity index is 444. The number of hydrogen-bond donors (Lipinski definition) is 0. The zero-order valence-corrected chi connectivity index (χ0v) is 10.5. The molecular weight excluding hydrogens is 210 g/mol. The molecule has 0 fully saturated rings. The van der Waals surface area contributed by atoms with Crippen LogP contribution in [0.25, 0.3) is 5.69 Å². The lowest BCUT2D eigenvalue weighted by atomic mass is 10.3. The number of aromatic nitrogens is 2. The summed E-state index contributed by atoms with van der Waals surface area (Å²) in [5, 5.41) is 0. The van der Waals surface area contributed by atoms with Crippen LogP contribution in [0.1, 0.15) is 19.5 Å². The molecule has 0 amide bonds. The van der Waals surface area contributed by atoms with Crippen LogP contribution in [-0.2, 0) is 6.54 Å². The summed E-state index contributed by atoms with van der Waals surface area (Å²) in [6.07, 6.45) is 5.79. The maximum atomic E-state index is 4.17. The van der Waals surface area contributed by atoms with E-state index in [-0.39, 0.29) is 0 Å². The first-order chi connectivity index (χ1) is 8.35. The van der Waals surface area contributed by atoms with Gasteiger partial charge in [0.1, 0.15) is 0 Å². The Morgan fingerprint density at radius 3 is 2.65 bits per heavy atom. The van der Waals surface area contributed by atoms with Crippen molar-refractivity contribution in [3.8, 4) is 5.69 Å². The van der Waals surface area contributed by atoms with Crippen molar-refractivity contribution in [1.29, 1.82) is 0 Å². The summed E-state index contributed by atoms with van der Waals surface area (Å²) >= 11 is 0. The second-order valence-electron chi connectivity index (χ2n) is 4.04. The van der Waals surface area contributed by atoms with E-state index in [1.807, 2.05) is 12.3 Å². The Kier molecular flexibility index (Phi) is 3.94. The van der Waals surface area contributed by atoms with Crippen LogP contribution in [0, 0.1) is 0 Å². The van der Waals surface area contributed by atoms with E-state index in [2.05, 4.69) is 52.7 Å². The highest BCUT2D eigenvalue weighted by atomic mass is 15.1. The molecule has 0 saturated heterocycles. The third-order valence-corrected chi connectivity index (χ3v) is 3.04. The van der Waals surface area contributed by atoms with Gasteiger partial charge in [-0.3, -0.25) is 9.88 Å². The van der Waals surface area contributed by atoms with Crippen LogP contribution in [0.5, 0.6) is 0 Å². The van der Waals surface area contributed by atoms with Gasteiger partial charge in [-0.05, 0) is 37.4 Å². The molecule has 2 aromatic heterocycles. The predicted octanol–water partition coefficient (Wildman–Crippen LogP) is 2.71. The largest absolute Gasteiger partial charge is 0.318 e. The van der Waals surface area contributed by atoms with E-state index in [9.17, 15) is 0 Å². The van der Waals surface area contributed by atoms with E-state index in [0.29, 0.717) is 0 Å². The fourth-order valence-corrected chi connectivity index (χ4v) is 1.97. The summed E-state index contributed by atoms with van der Waals surface area (Å²) in [6, 6.07) is 8.31. The molecular formula is C14H19N3. The maximum Gasteiger partial charge on any atom is 0.0636 e. The Morgan fingerprint density at radius 1 is 1.18 bits per heavy atom. The van der Waals surface area contributed by atoms with Gasteiger partial charge in [-0.2, -0.15) is 0 Å². The molecule has 3 nitrogen and oxygen atoms in total. The number of pyridine rings is 1. The van der Waals surface area contributed by atoms with Crippen LogP contribution in [0.4, 0.5) is 0 Å². The smallest absolute Gasteiger partial charge is 0.0636 e. The molecule has 0 aliphatic carbocycles. The molecule has 2 aromatic rings. The minimum atomic E-state index is 0.981. The summed E-state index contributed by atoms with van der Waals surface area (Å²) in [5.41, 5.74) is 2.43. The van der Waals surface area contributed by atoms with Gasteiger partial charge >= 0.3 is 0 Å². The Morgan fingerprint density at radius 2 is 2.00 bits per heavy atom. The van der Waals surface area contributed by atoms with E-state index in [0.717, 1.165) is 25.3 Å². The van der Waals surface area contributed by atoms with Gasteiger partial charge in [-0.1, -0.05) is 13.8 Å². The number of nitrogens with zero attached hydrogens (tertiary/aromatic N) is 3. The van der Waals surface area contributed by atoms with Crippen LogP contribution in [-0.4, -0.2) is 27.5 Å². The first-order valence-electron chi connectivity index (χ1n) is 6.14. The molecule has 0 radical (unpaired) electrons. The Labute approximate surface area is 103 Å². The van der Waals surface area contributed by atoms with Crippen LogP contribution in [0.3, 0.4) is 0 Å². The Hall–Kier alpha value is -1.61. The van der Waals surface area contributed by atoms with Crippen LogP contribution >= 0.6 is 0 Å². The number of hydrogen-bond acceptors (Lipinski definition) is 2. The molecule has 2 rings (SSSR count). The molecule has 0 unspecified atom stereocenters. The lowest BCUT2D eigenvalue weighted by Crippen LogP contribution is -2.23. The summed E-state index contributed by atoms with van der Waals surface area (Å²) in [5.74, 6) is 0. The highest BCUT2D eigenvalue weighted by molar-refractivity contribution is 5.31. The minimum absolute atomic E-state index is 0.981. The number of rotatable bonds is 5. The van der Waals surface area contributed by atoms with Gasteiger partial charge in [-0.15, -0.1) is 0 Å². The maximum absolute atomic E-state index is 4.17. The highest BCUT2D eigenvalue weighted by Crippen LogP contribution is 2.13. The van der Waals surface area contributed by atoms with E-state index in [1.165, 1.54) is 5.69 Å². The quantitative estimate of drug-likeness (QED) is 0.786. The molecule has 2 heterocycles. The first-order valence-corrected chi connectivity index (χ1v) is 6.14. The topological polar surface area (TPSA) is 21.1 Å². The van der Waals surface area contributed by atoms with Crippen LogP contribution in [0.2, 0.25) is 0 Å². The molecule has 0 N–H and O–H groups in total. The van der Waals surface area contributed by atoms with Crippen LogP contribution < -0.4 is 0 Å². The molecule has 0 saturated carbocycles. The van der Waals surface area contributed by atoms with E-state index in [1.54, 1.807) is 6.20 Å². The van der Waals surface area contributed by atoms with Gasteiger partial charge < -0.3 is 4.57 Å². The SMILES string of the molecule is CCN(CC)Cc1cccn1-c1cccnc1. The molecule has 0 aliphatic heterocycles. The zero-order chi connectivity index (χ0) is 12.1. The van der Waals surface area contributed by atoms with E-state index >= 15 is 0 Å². The summed E-state index contributed by atoms with van der Waals surface area (Å²) in [4.78, 5) is 6.57. The molecule has 0 bridgehead atoms. The zero-order valence-electron chi connectivity index (χ0n) is 10.5. The van der Waals surface area contributed by atoms with Crippen molar-refractivity contribution in [2.75, 3.05) is 13.1 Å². The van der Waals surface area contributed by atoms with Gasteiger partial charge in [0.05, 0.1) is 11.9 Å². The van der Waals surface area contributed by atoms with E-state index in [4.69, 9.17) is 0 Å². The fourth-order valence-electron chi connectivity index (χ4n) is 1.97. The van der Waals surface area contributed by atoms with Gasteiger partial charge in [0, 0.05) is 24.6 Å². The predicted molar refractivity (Wildman–Crippen MR) is 70.2 cm³/mol. The van der Waals surface area contributed by atoms with Gasteiger partial charge in [0.2, 0.25) is 0 Å². The Balaban J connectivity index is 2.23. The molecule has 0 spiro atoms. The van der Waals surface area contributed by atoms with Crippen molar-refractivity contribution in [1.82, 2.24) is 14.5 Å².